The van der Waals surface area contributed by atoms with Crippen LogP contribution in [0.5, 0.6) is 0 Å². The predicted octanol–water partition coefficient (Wildman–Crippen LogP) is 2.61. The van der Waals surface area contributed by atoms with E-state index in [0.717, 1.165) is 64.7 Å². The van der Waals surface area contributed by atoms with Gasteiger partial charge in [0.2, 0.25) is 0 Å². The summed E-state index contributed by atoms with van der Waals surface area (Å²) in [6, 6.07) is 0.411. The quantitative estimate of drug-likeness (QED) is 0.635. The minimum atomic E-state index is -4.29. The summed E-state index contributed by atoms with van der Waals surface area (Å²) < 4.78 is 43.4. The van der Waals surface area contributed by atoms with Crippen LogP contribution in [-0.2, 0) is 17.6 Å². The van der Waals surface area contributed by atoms with Gasteiger partial charge >= 0.3 is 12.2 Å². The Balaban J connectivity index is 0.780. The predicted molar refractivity (Wildman–Crippen MR) is 125 cm³/mol. The maximum atomic E-state index is 13.3. The Morgan fingerprint density at radius 1 is 0.895 bits per heavy atom. The lowest BCUT2D eigenvalue weighted by molar-refractivity contribution is -0.162. The van der Waals surface area contributed by atoms with Crippen LogP contribution in [0, 0.1) is 16.7 Å². The van der Waals surface area contributed by atoms with Gasteiger partial charge in [-0.3, -0.25) is 4.68 Å². The number of hydrogen-bond acceptors (Lipinski definition) is 6. The zero-order valence-corrected chi connectivity index (χ0v) is 21.1. The number of urea groups is 1. The van der Waals surface area contributed by atoms with Crippen LogP contribution in [0.2, 0.25) is 0 Å². The molecule has 6 fully saturated rings. The fourth-order valence-corrected chi connectivity index (χ4v) is 7.57. The molecule has 4 aliphatic carbocycles. The van der Waals surface area contributed by atoms with E-state index in [-0.39, 0.29) is 35.5 Å². The van der Waals surface area contributed by atoms with Crippen molar-refractivity contribution in [2.75, 3.05) is 26.2 Å². The van der Waals surface area contributed by atoms with Crippen molar-refractivity contribution in [2.45, 2.75) is 81.1 Å². The molecule has 1 N–H and O–H groups in total. The van der Waals surface area contributed by atoms with E-state index in [1.165, 1.54) is 6.33 Å². The second kappa shape index (κ2) is 7.08. The number of rotatable bonds is 5. The molecule has 2 saturated heterocycles. The summed E-state index contributed by atoms with van der Waals surface area (Å²) in [4.78, 5) is 25.1. The average molecular weight is 533 g/mol. The van der Waals surface area contributed by atoms with Crippen molar-refractivity contribution in [2.24, 2.45) is 16.7 Å². The van der Waals surface area contributed by atoms with E-state index in [4.69, 9.17) is 0 Å². The first-order chi connectivity index (χ1) is 18.0. The highest BCUT2D eigenvalue weighted by molar-refractivity contribution is 5.77. The number of carbonyl (C=O) groups excluding carboxylic acids is 1. The number of alkyl halides is 3. The summed E-state index contributed by atoms with van der Waals surface area (Å²) in [6.45, 7) is 3.68. The summed E-state index contributed by atoms with van der Waals surface area (Å²) in [5, 5.41) is 18.9. The number of aliphatic hydroxyl groups is 1. The van der Waals surface area contributed by atoms with Crippen LogP contribution in [0.1, 0.15) is 69.1 Å². The van der Waals surface area contributed by atoms with Gasteiger partial charge in [0, 0.05) is 43.6 Å². The minimum absolute atomic E-state index is 0.0729. The lowest BCUT2D eigenvalue weighted by Crippen LogP contribution is -2.71. The van der Waals surface area contributed by atoms with Crippen LogP contribution in [0.3, 0.4) is 0 Å². The molecule has 2 spiro atoms. The van der Waals surface area contributed by atoms with Crippen LogP contribution in [0.4, 0.5) is 18.0 Å². The van der Waals surface area contributed by atoms with E-state index in [0.29, 0.717) is 24.3 Å². The molecule has 2 aromatic rings. The van der Waals surface area contributed by atoms with Gasteiger partial charge in [-0.2, -0.15) is 23.4 Å². The Morgan fingerprint density at radius 2 is 1.50 bits per heavy atom. The van der Waals surface area contributed by atoms with Gasteiger partial charge < -0.3 is 14.9 Å². The number of aromatic nitrogens is 6. The Labute approximate surface area is 217 Å². The van der Waals surface area contributed by atoms with Gasteiger partial charge in [-0.1, -0.05) is 0 Å². The van der Waals surface area contributed by atoms with Crippen molar-refractivity contribution >= 4 is 6.03 Å². The third-order valence-electron chi connectivity index (χ3n) is 10.2. The van der Waals surface area contributed by atoms with Crippen LogP contribution < -0.4 is 0 Å². The molecule has 204 valence electrons. The SMILES string of the molecule is O=C(N1CC2(CC(Cn3cnc(C4(C(F)(F)F)CC4)n3)C2)C1)N1CC2(CC(n3cnc(C4(O)CC4)n3)C2)C1. The van der Waals surface area contributed by atoms with Crippen molar-refractivity contribution < 1.29 is 23.1 Å². The van der Waals surface area contributed by atoms with E-state index in [1.54, 1.807) is 11.0 Å². The lowest BCUT2D eigenvalue weighted by atomic mass is 9.57. The molecule has 0 aromatic carbocycles. The molecule has 2 aliphatic heterocycles. The zero-order chi connectivity index (χ0) is 26.1. The fraction of sp³-hybridized carbons (Fsp3) is 0.800. The van der Waals surface area contributed by atoms with E-state index in [2.05, 4.69) is 20.2 Å². The highest BCUT2D eigenvalue weighted by Gasteiger charge is 2.67. The van der Waals surface area contributed by atoms with Gasteiger partial charge in [-0.15, -0.1) is 0 Å². The third-order valence-corrected chi connectivity index (χ3v) is 10.2. The molecule has 8 rings (SSSR count). The second-order valence-corrected chi connectivity index (χ2v) is 13.3. The van der Waals surface area contributed by atoms with Gasteiger partial charge in [0.05, 0.1) is 6.04 Å². The number of hydrogen-bond donors (Lipinski definition) is 1. The van der Waals surface area contributed by atoms with Crippen LogP contribution in [0.15, 0.2) is 12.7 Å². The molecule has 2 amide bonds. The second-order valence-electron chi connectivity index (χ2n) is 13.3. The summed E-state index contributed by atoms with van der Waals surface area (Å²) in [6.07, 6.45) is 4.39. The van der Waals surface area contributed by atoms with Gasteiger partial charge in [0.25, 0.3) is 0 Å². The number of halogens is 3. The molecular formula is C25H31F3N8O2. The summed E-state index contributed by atoms with van der Waals surface area (Å²) in [7, 11) is 0. The smallest absolute Gasteiger partial charge is 0.382 e. The van der Waals surface area contributed by atoms with Gasteiger partial charge in [-0.25, -0.2) is 19.4 Å². The lowest BCUT2D eigenvalue weighted by Gasteiger charge is -2.63. The van der Waals surface area contributed by atoms with Crippen molar-refractivity contribution in [3.05, 3.63) is 24.3 Å². The highest BCUT2D eigenvalue weighted by atomic mass is 19.4. The first-order valence-corrected chi connectivity index (χ1v) is 13.6. The summed E-state index contributed by atoms with van der Waals surface area (Å²) >= 11 is 0. The Kier molecular flexibility index (Phi) is 4.32. The van der Waals surface area contributed by atoms with Gasteiger partial charge in [0.15, 0.2) is 11.6 Å². The van der Waals surface area contributed by atoms with Crippen LogP contribution >= 0.6 is 0 Å². The Hall–Kier alpha value is -2.70. The van der Waals surface area contributed by atoms with Crippen molar-refractivity contribution in [3.8, 4) is 0 Å². The van der Waals surface area contributed by atoms with E-state index in [9.17, 15) is 23.1 Å². The maximum absolute atomic E-state index is 13.3. The molecule has 0 unspecified atom stereocenters. The molecule has 4 saturated carbocycles. The van der Waals surface area contributed by atoms with Gasteiger partial charge in [0.1, 0.15) is 23.7 Å². The number of likely N-dealkylation sites (tertiary alicyclic amines) is 2. The first-order valence-electron chi connectivity index (χ1n) is 13.6. The van der Waals surface area contributed by atoms with Gasteiger partial charge in [-0.05, 0) is 57.3 Å². The van der Waals surface area contributed by atoms with Crippen molar-refractivity contribution in [3.63, 3.8) is 0 Å². The van der Waals surface area contributed by atoms with E-state index < -0.39 is 17.2 Å². The van der Waals surface area contributed by atoms with E-state index >= 15 is 0 Å². The Morgan fingerprint density at radius 3 is 2.08 bits per heavy atom. The average Bonchev–Trinajstić information content (AvgIpc) is 3.61. The van der Waals surface area contributed by atoms with E-state index in [1.807, 2.05) is 14.5 Å². The van der Waals surface area contributed by atoms with Crippen LogP contribution in [0.25, 0.3) is 0 Å². The molecule has 0 radical (unpaired) electrons. The van der Waals surface area contributed by atoms with Crippen LogP contribution in [-0.4, -0.2) is 82.8 Å². The molecule has 4 heterocycles. The monoisotopic (exact) mass is 532 g/mol. The maximum Gasteiger partial charge on any atom is 0.401 e. The molecule has 0 bridgehead atoms. The Bertz CT molecular complexity index is 1280. The molecule has 2 aromatic heterocycles. The first kappa shape index (κ1) is 23.2. The molecule has 10 nitrogen and oxygen atoms in total. The highest BCUT2D eigenvalue weighted by Crippen LogP contribution is 2.58. The zero-order valence-electron chi connectivity index (χ0n) is 21.1. The fourth-order valence-electron chi connectivity index (χ4n) is 7.57. The third kappa shape index (κ3) is 3.32. The standard InChI is InChI=1S/C25H31F3N8O2/c26-25(27,28)23(1-2-23)18-29-14-35(31-18)9-16-5-21(6-16)10-33(11-21)20(37)34-12-22(13-34)7-17(8-22)36-15-30-19(32-36)24(38)3-4-24/h14-17,38H,1-13H2. The molecule has 6 aliphatic rings. The molecule has 0 atom stereocenters. The van der Waals surface area contributed by atoms with Crippen molar-refractivity contribution in [1.29, 1.82) is 0 Å². The number of nitrogens with zero attached hydrogens (tertiary/aromatic N) is 8. The summed E-state index contributed by atoms with van der Waals surface area (Å²) in [5.74, 6) is 0.806. The van der Waals surface area contributed by atoms with Crippen molar-refractivity contribution in [1.82, 2.24) is 39.3 Å². The molecular weight excluding hydrogens is 501 g/mol. The number of amides is 2. The normalized spacial score (nSPS) is 28.0. The number of carbonyl (C=O) groups is 1. The molecule has 38 heavy (non-hydrogen) atoms. The largest absolute Gasteiger partial charge is 0.401 e. The molecule has 13 heteroatoms. The minimum Gasteiger partial charge on any atom is -0.382 e. The summed E-state index contributed by atoms with van der Waals surface area (Å²) in [5.41, 5.74) is -2.29. The topological polar surface area (TPSA) is 105 Å².